The molecule has 110 valence electrons. The van der Waals surface area contributed by atoms with Gasteiger partial charge in [-0.3, -0.25) is 20.0 Å². The summed E-state index contributed by atoms with van der Waals surface area (Å²) in [4.78, 5) is 22.2. The predicted octanol–water partition coefficient (Wildman–Crippen LogP) is 1.43. The largest absolute Gasteiger partial charge is 0.386 e. The molecule has 3 N–H and O–H groups in total. The van der Waals surface area contributed by atoms with Crippen molar-refractivity contribution in [3.05, 3.63) is 51.6 Å². The molecule has 0 radical (unpaired) electrons. The number of nitrogens with zero attached hydrogens (tertiary/aromatic N) is 2. The van der Waals surface area contributed by atoms with E-state index in [2.05, 4.69) is 20.8 Å². The summed E-state index contributed by atoms with van der Waals surface area (Å²) in [5.74, 6) is -1.46. The molecule has 1 amide bonds. The lowest BCUT2D eigenvalue weighted by Gasteiger charge is -2.08. The van der Waals surface area contributed by atoms with Crippen molar-refractivity contribution in [1.82, 2.24) is 15.5 Å². The van der Waals surface area contributed by atoms with Crippen molar-refractivity contribution in [2.24, 2.45) is 0 Å². The highest BCUT2D eigenvalue weighted by Gasteiger charge is 2.23. The van der Waals surface area contributed by atoms with Crippen molar-refractivity contribution in [3.63, 3.8) is 0 Å². The standard InChI is InChI=1S/C12H12FN5O3/c1-14-10-2-8(11(18(20)21)3-9(10)13)12(19)15-4-7-5-16-17-6-7/h2-3,5-6,14H,4H2,1H3,(H,15,19)(H,16,17). The van der Waals surface area contributed by atoms with Crippen LogP contribution in [0.25, 0.3) is 0 Å². The van der Waals surface area contributed by atoms with Gasteiger partial charge >= 0.3 is 0 Å². The Balaban J connectivity index is 2.27. The second-order valence-electron chi connectivity index (χ2n) is 4.15. The van der Waals surface area contributed by atoms with Gasteiger partial charge in [0.2, 0.25) is 0 Å². The Morgan fingerprint density at radius 1 is 1.52 bits per heavy atom. The number of nitrogens with one attached hydrogen (secondary N) is 3. The fraction of sp³-hybridized carbons (Fsp3) is 0.167. The van der Waals surface area contributed by atoms with Gasteiger partial charge in [0.05, 0.1) is 22.9 Å². The molecule has 1 aromatic heterocycles. The smallest absolute Gasteiger partial charge is 0.285 e. The van der Waals surface area contributed by atoms with E-state index >= 15 is 0 Å². The quantitative estimate of drug-likeness (QED) is 0.570. The second-order valence-corrected chi connectivity index (χ2v) is 4.15. The number of amides is 1. The normalized spacial score (nSPS) is 10.2. The molecule has 0 atom stereocenters. The van der Waals surface area contributed by atoms with Crippen LogP contribution in [0, 0.1) is 15.9 Å². The van der Waals surface area contributed by atoms with E-state index in [-0.39, 0.29) is 17.8 Å². The average Bonchev–Trinajstić information content (AvgIpc) is 2.97. The Morgan fingerprint density at radius 3 is 2.86 bits per heavy atom. The fourth-order valence-electron chi connectivity index (χ4n) is 1.74. The van der Waals surface area contributed by atoms with Crippen LogP contribution >= 0.6 is 0 Å². The first kappa shape index (κ1) is 14.4. The fourth-order valence-corrected chi connectivity index (χ4v) is 1.74. The van der Waals surface area contributed by atoms with Crippen molar-refractivity contribution in [3.8, 4) is 0 Å². The number of halogens is 1. The Labute approximate surface area is 118 Å². The van der Waals surface area contributed by atoms with Crippen LogP contribution in [0.4, 0.5) is 15.8 Å². The number of hydrogen-bond donors (Lipinski definition) is 3. The maximum atomic E-state index is 13.6. The molecule has 0 unspecified atom stereocenters. The van der Waals surface area contributed by atoms with Gasteiger partial charge in [0.1, 0.15) is 5.56 Å². The molecule has 2 rings (SSSR count). The molecule has 1 aromatic carbocycles. The lowest BCUT2D eigenvalue weighted by molar-refractivity contribution is -0.385. The highest BCUT2D eigenvalue weighted by Crippen LogP contribution is 2.25. The van der Waals surface area contributed by atoms with Crippen molar-refractivity contribution >= 4 is 17.3 Å². The number of carbonyl (C=O) groups is 1. The summed E-state index contributed by atoms with van der Waals surface area (Å²) in [6, 6.07) is 1.83. The minimum Gasteiger partial charge on any atom is -0.386 e. The van der Waals surface area contributed by atoms with E-state index in [1.165, 1.54) is 13.2 Å². The van der Waals surface area contributed by atoms with Gasteiger partial charge in [-0.05, 0) is 6.07 Å². The molecule has 2 aromatic rings. The highest BCUT2D eigenvalue weighted by atomic mass is 19.1. The van der Waals surface area contributed by atoms with E-state index in [1.54, 1.807) is 6.20 Å². The molecule has 0 aliphatic carbocycles. The number of benzene rings is 1. The molecule has 0 aliphatic rings. The molecule has 0 spiro atoms. The third-order valence-corrected chi connectivity index (χ3v) is 2.80. The number of aromatic nitrogens is 2. The van der Waals surface area contributed by atoms with Gasteiger partial charge in [-0.25, -0.2) is 4.39 Å². The van der Waals surface area contributed by atoms with Crippen molar-refractivity contribution in [2.45, 2.75) is 6.54 Å². The topological polar surface area (TPSA) is 113 Å². The number of H-pyrrole nitrogens is 1. The number of nitro groups is 1. The van der Waals surface area contributed by atoms with Gasteiger partial charge in [0.25, 0.3) is 11.6 Å². The van der Waals surface area contributed by atoms with E-state index < -0.39 is 22.3 Å². The molecular formula is C12H12FN5O3. The summed E-state index contributed by atoms with van der Waals surface area (Å²) in [6.45, 7) is 0.152. The van der Waals surface area contributed by atoms with E-state index in [1.807, 2.05) is 0 Å². The summed E-state index contributed by atoms with van der Waals surface area (Å²) < 4.78 is 13.6. The number of carbonyl (C=O) groups excluding carboxylic acids is 1. The van der Waals surface area contributed by atoms with Crippen molar-refractivity contribution < 1.29 is 14.1 Å². The zero-order valence-electron chi connectivity index (χ0n) is 11.0. The van der Waals surface area contributed by atoms with Crippen molar-refractivity contribution in [1.29, 1.82) is 0 Å². The lowest BCUT2D eigenvalue weighted by atomic mass is 10.1. The molecule has 8 nitrogen and oxygen atoms in total. The average molecular weight is 293 g/mol. The number of anilines is 1. The molecule has 0 saturated carbocycles. The van der Waals surface area contributed by atoms with Gasteiger partial charge in [0.15, 0.2) is 5.82 Å². The van der Waals surface area contributed by atoms with Crippen LogP contribution in [0.5, 0.6) is 0 Å². The summed E-state index contributed by atoms with van der Waals surface area (Å²) >= 11 is 0. The molecule has 1 heterocycles. The van der Waals surface area contributed by atoms with Crippen LogP contribution in [0.15, 0.2) is 24.5 Å². The first-order chi connectivity index (χ1) is 10.0. The van der Waals surface area contributed by atoms with E-state index in [0.29, 0.717) is 5.56 Å². The Morgan fingerprint density at radius 2 is 2.29 bits per heavy atom. The summed E-state index contributed by atoms with van der Waals surface area (Å²) in [5.41, 5.74) is -0.0820. The minimum absolute atomic E-state index is 0.00839. The highest BCUT2D eigenvalue weighted by molar-refractivity contribution is 5.99. The van der Waals surface area contributed by atoms with Gasteiger partial charge in [-0.2, -0.15) is 5.10 Å². The summed E-state index contributed by atoms with van der Waals surface area (Å²) in [7, 11) is 1.46. The third kappa shape index (κ3) is 3.14. The van der Waals surface area contributed by atoms with E-state index in [4.69, 9.17) is 0 Å². The number of nitro benzene ring substituents is 1. The predicted molar refractivity (Wildman–Crippen MR) is 72.4 cm³/mol. The first-order valence-electron chi connectivity index (χ1n) is 5.94. The SMILES string of the molecule is CNc1cc(C(=O)NCc2cn[nH]c2)c([N+](=O)[O-])cc1F. The van der Waals surface area contributed by atoms with Crippen LogP contribution < -0.4 is 10.6 Å². The van der Waals surface area contributed by atoms with E-state index in [0.717, 1.165) is 12.1 Å². The first-order valence-corrected chi connectivity index (χ1v) is 5.94. The zero-order chi connectivity index (χ0) is 15.4. The minimum atomic E-state index is -0.796. The Kier molecular flexibility index (Phi) is 4.12. The number of rotatable bonds is 5. The molecule has 0 aliphatic heterocycles. The van der Waals surface area contributed by atoms with Gasteiger partial charge in [-0.1, -0.05) is 0 Å². The van der Waals surface area contributed by atoms with Gasteiger partial charge < -0.3 is 10.6 Å². The Bertz CT molecular complexity index is 672. The monoisotopic (exact) mass is 293 g/mol. The number of aromatic amines is 1. The third-order valence-electron chi connectivity index (χ3n) is 2.80. The van der Waals surface area contributed by atoms with Gasteiger partial charge in [-0.15, -0.1) is 0 Å². The maximum Gasteiger partial charge on any atom is 0.285 e. The molecule has 21 heavy (non-hydrogen) atoms. The molecule has 0 bridgehead atoms. The van der Waals surface area contributed by atoms with Gasteiger partial charge in [0, 0.05) is 25.4 Å². The lowest BCUT2D eigenvalue weighted by Crippen LogP contribution is -2.23. The van der Waals surface area contributed by atoms with Crippen molar-refractivity contribution in [2.75, 3.05) is 12.4 Å². The van der Waals surface area contributed by atoms with Crippen LogP contribution in [-0.2, 0) is 6.54 Å². The zero-order valence-corrected chi connectivity index (χ0v) is 11.0. The number of hydrogen-bond acceptors (Lipinski definition) is 5. The molecule has 9 heteroatoms. The Hall–Kier alpha value is -2.97. The van der Waals surface area contributed by atoms with Crippen LogP contribution in [0.1, 0.15) is 15.9 Å². The van der Waals surface area contributed by atoms with E-state index in [9.17, 15) is 19.3 Å². The molecular weight excluding hydrogens is 281 g/mol. The van der Waals surface area contributed by atoms with Crippen LogP contribution in [-0.4, -0.2) is 28.1 Å². The second kappa shape index (κ2) is 5.99. The van der Waals surface area contributed by atoms with Crippen LogP contribution in [0.2, 0.25) is 0 Å². The molecule has 0 saturated heterocycles. The maximum absolute atomic E-state index is 13.6. The summed E-state index contributed by atoms with van der Waals surface area (Å²) in [5, 5.41) is 22.3. The van der Waals surface area contributed by atoms with Crippen LogP contribution in [0.3, 0.4) is 0 Å². The molecule has 0 fully saturated rings. The summed E-state index contributed by atoms with van der Waals surface area (Å²) in [6.07, 6.45) is 3.09.